The predicted molar refractivity (Wildman–Crippen MR) is 68.5 cm³/mol. The van der Waals surface area contributed by atoms with Gasteiger partial charge in [0.25, 0.3) is 0 Å². The molecule has 2 aliphatic rings. The zero-order valence-corrected chi connectivity index (χ0v) is 10.6. The summed E-state index contributed by atoms with van der Waals surface area (Å²) in [5.41, 5.74) is 6.01. The third-order valence-electron chi connectivity index (χ3n) is 4.28. The lowest BCUT2D eigenvalue weighted by Crippen LogP contribution is -2.47. The molecule has 1 heterocycles. The number of rotatable bonds is 3. The molecule has 0 spiro atoms. The Hall–Kier alpha value is -0.120. The highest BCUT2D eigenvalue weighted by Crippen LogP contribution is 2.18. The number of likely N-dealkylation sites (N-methyl/N-ethyl adjacent to an activating group) is 1. The van der Waals surface area contributed by atoms with Crippen LogP contribution in [0, 0.1) is 0 Å². The molecule has 0 aromatic heterocycles. The van der Waals surface area contributed by atoms with Gasteiger partial charge in [-0.25, -0.2) is 0 Å². The summed E-state index contributed by atoms with van der Waals surface area (Å²) in [5.74, 6) is 0. The van der Waals surface area contributed by atoms with E-state index in [-0.39, 0.29) is 0 Å². The molecule has 16 heavy (non-hydrogen) atoms. The van der Waals surface area contributed by atoms with Gasteiger partial charge in [0.1, 0.15) is 0 Å². The lowest BCUT2D eigenvalue weighted by atomic mass is 9.91. The van der Waals surface area contributed by atoms with Crippen molar-refractivity contribution >= 4 is 0 Å². The van der Waals surface area contributed by atoms with Crippen LogP contribution < -0.4 is 11.1 Å². The molecular formula is C13H27N3. The second kappa shape index (κ2) is 5.99. The summed E-state index contributed by atoms with van der Waals surface area (Å²) in [7, 11) is 2.26. The van der Waals surface area contributed by atoms with Gasteiger partial charge in [0.2, 0.25) is 0 Å². The SMILES string of the molecule is CN1CCCCC1CNC1CCCC(N)C1. The van der Waals surface area contributed by atoms with Crippen LogP contribution in [-0.2, 0) is 0 Å². The molecule has 0 amide bonds. The van der Waals surface area contributed by atoms with Crippen LogP contribution in [0.4, 0.5) is 0 Å². The molecule has 94 valence electrons. The Kier molecular flexibility index (Phi) is 4.62. The van der Waals surface area contributed by atoms with Crippen molar-refractivity contribution in [2.45, 2.75) is 63.1 Å². The smallest absolute Gasteiger partial charge is 0.0217 e. The van der Waals surface area contributed by atoms with E-state index in [1.807, 2.05) is 0 Å². The topological polar surface area (TPSA) is 41.3 Å². The van der Waals surface area contributed by atoms with Crippen molar-refractivity contribution in [1.82, 2.24) is 10.2 Å². The summed E-state index contributed by atoms with van der Waals surface area (Å²) in [4.78, 5) is 2.51. The summed E-state index contributed by atoms with van der Waals surface area (Å²) in [6, 6.07) is 1.88. The molecule has 0 radical (unpaired) electrons. The van der Waals surface area contributed by atoms with Crippen molar-refractivity contribution < 1.29 is 0 Å². The molecule has 1 aliphatic heterocycles. The average molecular weight is 225 g/mol. The van der Waals surface area contributed by atoms with E-state index >= 15 is 0 Å². The van der Waals surface area contributed by atoms with Gasteiger partial charge < -0.3 is 16.0 Å². The quantitative estimate of drug-likeness (QED) is 0.761. The molecule has 3 atom stereocenters. The normalized spacial score (nSPS) is 37.5. The summed E-state index contributed by atoms with van der Waals surface area (Å²) in [6.07, 6.45) is 9.17. The number of nitrogens with two attached hydrogens (primary N) is 1. The van der Waals surface area contributed by atoms with E-state index in [4.69, 9.17) is 5.73 Å². The Bertz CT molecular complexity index is 207. The van der Waals surface area contributed by atoms with Gasteiger partial charge in [-0.2, -0.15) is 0 Å². The van der Waals surface area contributed by atoms with Gasteiger partial charge in [0.15, 0.2) is 0 Å². The van der Waals surface area contributed by atoms with Gasteiger partial charge in [-0.3, -0.25) is 0 Å². The standard InChI is InChI=1S/C13H27N3/c1-16-8-3-2-7-13(16)10-15-12-6-4-5-11(14)9-12/h11-13,15H,2-10,14H2,1H3. The first-order valence-electron chi connectivity index (χ1n) is 6.95. The fourth-order valence-corrected chi connectivity index (χ4v) is 3.12. The number of hydrogen-bond donors (Lipinski definition) is 2. The van der Waals surface area contributed by atoms with Crippen LogP contribution in [0.5, 0.6) is 0 Å². The average Bonchev–Trinajstić information content (AvgIpc) is 2.28. The summed E-state index contributed by atoms with van der Waals surface area (Å²) >= 11 is 0. The number of nitrogens with one attached hydrogen (secondary N) is 1. The molecule has 2 fully saturated rings. The molecule has 1 saturated heterocycles. The Morgan fingerprint density at radius 1 is 1.19 bits per heavy atom. The maximum Gasteiger partial charge on any atom is 0.0217 e. The van der Waals surface area contributed by atoms with Gasteiger partial charge >= 0.3 is 0 Å². The van der Waals surface area contributed by atoms with Crippen molar-refractivity contribution in [3.05, 3.63) is 0 Å². The third kappa shape index (κ3) is 3.44. The molecule has 0 bridgehead atoms. The van der Waals surface area contributed by atoms with Crippen molar-refractivity contribution in [3.63, 3.8) is 0 Å². The van der Waals surface area contributed by atoms with E-state index in [0.29, 0.717) is 12.1 Å². The zero-order valence-electron chi connectivity index (χ0n) is 10.6. The molecule has 3 nitrogen and oxygen atoms in total. The highest BCUT2D eigenvalue weighted by Gasteiger charge is 2.22. The molecule has 0 aromatic rings. The highest BCUT2D eigenvalue weighted by atomic mass is 15.2. The van der Waals surface area contributed by atoms with Crippen molar-refractivity contribution in [3.8, 4) is 0 Å². The second-order valence-electron chi connectivity index (χ2n) is 5.66. The van der Waals surface area contributed by atoms with Crippen molar-refractivity contribution in [1.29, 1.82) is 0 Å². The zero-order chi connectivity index (χ0) is 11.4. The third-order valence-corrected chi connectivity index (χ3v) is 4.28. The van der Waals surface area contributed by atoms with Gasteiger partial charge in [0, 0.05) is 24.7 Å². The molecular weight excluding hydrogens is 198 g/mol. The van der Waals surface area contributed by atoms with Crippen molar-refractivity contribution in [2.75, 3.05) is 20.1 Å². The molecule has 3 N–H and O–H groups in total. The minimum atomic E-state index is 0.440. The van der Waals surface area contributed by atoms with Crippen LogP contribution in [0.1, 0.15) is 44.9 Å². The van der Waals surface area contributed by atoms with Gasteiger partial charge in [-0.15, -0.1) is 0 Å². The number of hydrogen-bond acceptors (Lipinski definition) is 3. The van der Waals surface area contributed by atoms with Crippen LogP contribution in [0.2, 0.25) is 0 Å². The van der Waals surface area contributed by atoms with Gasteiger partial charge in [0.05, 0.1) is 0 Å². The monoisotopic (exact) mass is 225 g/mol. The van der Waals surface area contributed by atoms with Crippen LogP contribution >= 0.6 is 0 Å². The van der Waals surface area contributed by atoms with Gasteiger partial charge in [-0.1, -0.05) is 12.8 Å². The molecule has 1 aliphatic carbocycles. The minimum absolute atomic E-state index is 0.440. The first-order valence-corrected chi connectivity index (χ1v) is 6.95. The number of nitrogens with zero attached hydrogens (tertiary/aromatic N) is 1. The van der Waals surface area contributed by atoms with E-state index in [2.05, 4.69) is 17.3 Å². The van der Waals surface area contributed by atoms with E-state index in [1.54, 1.807) is 0 Å². The first-order chi connectivity index (χ1) is 7.75. The predicted octanol–water partition coefficient (Wildman–Crippen LogP) is 1.33. The minimum Gasteiger partial charge on any atom is -0.328 e. The second-order valence-corrected chi connectivity index (χ2v) is 5.66. The van der Waals surface area contributed by atoms with E-state index in [9.17, 15) is 0 Å². The van der Waals surface area contributed by atoms with Crippen LogP contribution in [0.3, 0.4) is 0 Å². The Morgan fingerprint density at radius 2 is 2.06 bits per heavy atom. The molecule has 0 aromatic carbocycles. The fourth-order valence-electron chi connectivity index (χ4n) is 3.12. The van der Waals surface area contributed by atoms with Crippen LogP contribution in [0.25, 0.3) is 0 Å². The van der Waals surface area contributed by atoms with Crippen molar-refractivity contribution in [2.24, 2.45) is 5.73 Å². The summed E-state index contributed by atoms with van der Waals surface area (Å²) < 4.78 is 0. The Labute approximate surface area is 99.8 Å². The fraction of sp³-hybridized carbons (Fsp3) is 1.00. The maximum absolute atomic E-state index is 6.01. The molecule has 3 heteroatoms. The number of piperidine rings is 1. The summed E-state index contributed by atoms with van der Waals surface area (Å²) in [5, 5.41) is 3.73. The van der Waals surface area contributed by atoms with Gasteiger partial charge in [-0.05, 0) is 45.7 Å². The molecule has 1 saturated carbocycles. The number of likely N-dealkylation sites (tertiary alicyclic amines) is 1. The lowest BCUT2D eigenvalue weighted by Gasteiger charge is -2.35. The van der Waals surface area contributed by atoms with E-state index < -0.39 is 0 Å². The highest BCUT2D eigenvalue weighted by molar-refractivity contribution is 4.83. The Morgan fingerprint density at radius 3 is 2.81 bits per heavy atom. The lowest BCUT2D eigenvalue weighted by molar-refractivity contribution is 0.173. The molecule has 3 unspecified atom stereocenters. The maximum atomic E-state index is 6.01. The Balaban J connectivity index is 1.69. The van der Waals surface area contributed by atoms with E-state index in [1.165, 1.54) is 51.5 Å². The first kappa shape index (κ1) is 12.3. The van der Waals surface area contributed by atoms with E-state index in [0.717, 1.165) is 12.6 Å². The largest absolute Gasteiger partial charge is 0.328 e. The van der Waals surface area contributed by atoms with Crippen LogP contribution in [-0.4, -0.2) is 43.2 Å². The van der Waals surface area contributed by atoms with Crippen LogP contribution in [0.15, 0.2) is 0 Å². The summed E-state index contributed by atoms with van der Waals surface area (Å²) in [6.45, 7) is 2.43. The molecule has 2 rings (SSSR count).